The number of hydrogen-bond donors (Lipinski definition) is 1. The van der Waals surface area contributed by atoms with Crippen LogP contribution in [-0.2, 0) is 11.3 Å². The van der Waals surface area contributed by atoms with Gasteiger partial charge in [0, 0.05) is 12.1 Å². The van der Waals surface area contributed by atoms with Crippen molar-refractivity contribution in [1.82, 2.24) is 9.78 Å². The zero-order chi connectivity index (χ0) is 19.7. The van der Waals surface area contributed by atoms with Gasteiger partial charge < -0.3 is 5.11 Å². The molecule has 0 unspecified atom stereocenters. The Hall–Kier alpha value is -1.16. The molecule has 1 aromatic rings. The van der Waals surface area contributed by atoms with Crippen molar-refractivity contribution in [2.45, 2.75) is 84.3 Å². The smallest absolute Gasteiger partial charge is 0.157 e. The number of aliphatic hydroxyl groups is 1. The predicted molar refractivity (Wildman–Crippen MR) is 109 cm³/mol. The van der Waals surface area contributed by atoms with E-state index in [0.717, 1.165) is 54.4 Å². The average Bonchev–Trinajstić information content (AvgIpc) is 3.02. The summed E-state index contributed by atoms with van der Waals surface area (Å²) in [7, 11) is 0. The SMILES string of the molecule is Cc1cnn(CC(=O)[C@H]2C[C@H]3[C@@H]4CC[C@@H]5C[C@](C)(O)CC[C@@H]5[C@H]4CC[C@]23C)c1. The Morgan fingerprint density at radius 2 is 1.96 bits per heavy atom. The van der Waals surface area contributed by atoms with Gasteiger partial charge in [-0.05, 0) is 106 Å². The number of nitrogens with zero attached hydrogens (tertiary/aromatic N) is 2. The van der Waals surface area contributed by atoms with E-state index in [-0.39, 0.29) is 11.3 Å². The molecule has 0 aromatic carbocycles. The Labute approximate surface area is 169 Å². The van der Waals surface area contributed by atoms with E-state index >= 15 is 0 Å². The maximum Gasteiger partial charge on any atom is 0.157 e. The first-order valence-corrected chi connectivity index (χ1v) is 11.5. The summed E-state index contributed by atoms with van der Waals surface area (Å²) in [6, 6.07) is 0. The molecule has 0 aliphatic heterocycles. The highest BCUT2D eigenvalue weighted by Gasteiger charge is 2.62. The van der Waals surface area contributed by atoms with Crippen LogP contribution in [0.2, 0.25) is 0 Å². The molecule has 8 atom stereocenters. The van der Waals surface area contributed by atoms with Gasteiger partial charge in [-0.3, -0.25) is 9.48 Å². The van der Waals surface area contributed by atoms with Crippen LogP contribution in [0.3, 0.4) is 0 Å². The van der Waals surface area contributed by atoms with Gasteiger partial charge in [-0.2, -0.15) is 5.10 Å². The van der Waals surface area contributed by atoms with Crippen LogP contribution in [0.1, 0.15) is 70.8 Å². The second-order valence-corrected chi connectivity index (χ2v) is 11.2. The summed E-state index contributed by atoms with van der Waals surface area (Å²) >= 11 is 0. The monoisotopic (exact) mass is 384 g/mol. The van der Waals surface area contributed by atoms with Gasteiger partial charge >= 0.3 is 0 Å². The zero-order valence-corrected chi connectivity index (χ0v) is 17.7. The molecule has 4 aliphatic rings. The van der Waals surface area contributed by atoms with E-state index < -0.39 is 5.60 Å². The molecule has 154 valence electrons. The molecule has 1 aromatic heterocycles. The molecule has 4 saturated carbocycles. The minimum atomic E-state index is -0.435. The van der Waals surface area contributed by atoms with E-state index in [4.69, 9.17) is 0 Å². The normalized spacial score (nSPS) is 47.4. The van der Waals surface area contributed by atoms with Crippen LogP contribution in [0.4, 0.5) is 0 Å². The van der Waals surface area contributed by atoms with E-state index in [2.05, 4.69) is 12.0 Å². The van der Waals surface area contributed by atoms with Crippen molar-refractivity contribution in [3.63, 3.8) is 0 Å². The van der Waals surface area contributed by atoms with E-state index in [0.29, 0.717) is 12.3 Å². The Morgan fingerprint density at radius 3 is 2.71 bits per heavy atom. The van der Waals surface area contributed by atoms with Crippen LogP contribution in [0, 0.1) is 47.8 Å². The molecule has 1 N–H and O–H groups in total. The van der Waals surface area contributed by atoms with E-state index in [1.54, 1.807) is 0 Å². The molecule has 4 aliphatic carbocycles. The van der Waals surface area contributed by atoms with Crippen molar-refractivity contribution in [2.24, 2.45) is 40.9 Å². The van der Waals surface area contributed by atoms with E-state index in [1.807, 2.05) is 30.9 Å². The summed E-state index contributed by atoms with van der Waals surface area (Å²) in [5.41, 5.74) is 0.901. The van der Waals surface area contributed by atoms with Crippen LogP contribution in [0.15, 0.2) is 12.4 Å². The van der Waals surface area contributed by atoms with E-state index in [9.17, 15) is 9.90 Å². The van der Waals surface area contributed by atoms with Crippen molar-refractivity contribution in [3.8, 4) is 0 Å². The number of hydrogen-bond acceptors (Lipinski definition) is 3. The van der Waals surface area contributed by atoms with Gasteiger partial charge in [0.15, 0.2) is 5.78 Å². The largest absolute Gasteiger partial charge is 0.390 e. The first kappa shape index (κ1) is 18.8. The summed E-state index contributed by atoms with van der Waals surface area (Å²) in [6.07, 6.45) is 13.2. The molecule has 0 bridgehead atoms. The van der Waals surface area contributed by atoms with Gasteiger partial charge in [-0.25, -0.2) is 0 Å². The Kier molecular flexibility index (Phi) is 4.32. The minimum absolute atomic E-state index is 0.216. The summed E-state index contributed by atoms with van der Waals surface area (Å²) in [4.78, 5) is 13.0. The highest BCUT2D eigenvalue weighted by molar-refractivity contribution is 5.82. The van der Waals surface area contributed by atoms with Crippen LogP contribution < -0.4 is 0 Å². The zero-order valence-electron chi connectivity index (χ0n) is 17.7. The molecule has 0 spiro atoms. The second-order valence-electron chi connectivity index (χ2n) is 11.2. The number of rotatable bonds is 3. The van der Waals surface area contributed by atoms with Crippen molar-refractivity contribution in [2.75, 3.05) is 0 Å². The molecule has 4 nitrogen and oxygen atoms in total. The third kappa shape index (κ3) is 2.89. The van der Waals surface area contributed by atoms with Gasteiger partial charge in [0.2, 0.25) is 0 Å². The molecule has 28 heavy (non-hydrogen) atoms. The molecule has 5 rings (SSSR count). The lowest BCUT2D eigenvalue weighted by atomic mass is 9.39. The lowest BCUT2D eigenvalue weighted by molar-refractivity contribution is -0.177. The summed E-state index contributed by atoms with van der Waals surface area (Å²) < 4.78 is 1.82. The fraction of sp³-hybridized carbons (Fsp3) is 0.833. The van der Waals surface area contributed by atoms with Crippen molar-refractivity contribution < 1.29 is 9.90 Å². The Balaban J connectivity index is 1.27. The lowest BCUT2D eigenvalue weighted by Crippen LogP contribution is -2.60. The third-order valence-electron chi connectivity index (χ3n) is 9.43. The molecule has 1 heterocycles. The molecule has 0 saturated heterocycles. The molecule has 0 radical (unpaired) electrons. The lowest BCUT2D eigenvalue weighted by Gasteiger charge is -2.65. The van der Waals surface area contributed by atoms with Crippen molar-refractivity contribution in [3.05, 3.63) is 18.0 Å². The van der Waals surface area contributed by atoms with Gasteiger partial charge in [0.05, 0.1) is 18.3 Å². The summed E-state index contributed by atoms with van der Waals surface area (Å²) in [6.45, 7) is 6.91. The predicted octanol–water partition coefficient (Wildman–Crippen LogP) is 4.39. The topological polar surface area (TPSA) is 55.1 Å². The van der Waals surface area contributed by atoms with Gasteiger partial charge in [-0.15, -0.1) is 0 Å². The first-order chi connectivity index (χ1) is 13.3. The number of ketones is 1. The number of fused-ring (bicyclic) bond motifs is 5. The van der Waals surface area contributed by atoms with Crippen LogP contribution >= 0.6 is 0 Å². The van der Waals surface area contributed by atoms with Crippen LogP contribution in [0.25, 0.3) is 0 Å². The van der Waals surface area contributed by atoms with Gasteiger partial charge in [-0.1, -0.05) is 6.92 Å². The van der Waals surface area contributed by atoms with Crippen molar-refractivity contribution >= 4 is 5.78 Å². The number of carbonyl (C=O) groups is 1. The second kappa shape index (κ2) is 6.42. The number of Topliss-reactive ketones (excluding diaryl/α,β-unsaturated/α-hetero) is 1. The van der Waals surface area contributed by atoms with Gasteiger partial charge in [0.25, 0.3) is 0 Å². The average molecular weight is 385 g/mol. The Morgan fingerprint density at radius 1 is 1.18 bits per heavy atom. The standard InChI is InChI=1S/C24H36N2O2/c1-15-12-25-26(13-15)14-22(27)21-10-20-19-5-4-16-11-23(2,28)8-6-17(16)18(19)7-9-24(20,21)3/h12-13,16-21,28H,4-11,14H2,1-3H3/t16-,17+,18-,19-,20+,21-,23-,24+/m1/s1. The maximum absolute atomic E-state index is 13.0. The quantitative estimate of drug-likeness (QED) is 0.841. The number of aromatic nitrogens is 2. The fourth-order valence-corrected chi connectivity index (χ4v) is 7.99. The molecule has 4 heteroatoms. The fourth-order valence-electron chi connectivity index (χ4n) is 7.99. The highest BCUT2D eigenvalue weighted by Crippen LogP contribution is 2.67. The third-order valence-corrected chi connectivity index (χ3v) is 9.43. The molecular weight excluding hydrogens is 348 g/mol. The first-order valence-electron chi connectivity index (χ1n) is 11.5. The molecular formula is C24H36N2O2. The minimum Gasteiger partial charge on any atom is -0.390 e. The summed E-state index contributed by atoms with van der Waals surface area (Å²) in [5, 5.41) is 14.9. The van der Waals surface area contributed by atoms with Crippen LogP contribution in [0.5, 0.6) is 0 Å². The van der Waals surface area contributed by atoms with Crippen molar-refractivity contribution in [1.29, 1.82) is 0 Å². The number of carbonyl (C=O) groups excluding carboxylic acids is 1. The molecule has 4 fully saturated rings. The van der Waals surface area contributed by atoms with Gasteiger partial charge in [0.1, 0.15) is 0 Å². The highest BCUT2D eigenvalue weighted by atomic mass is 16.3. The number of aryl methyl sites for hydroxylation is 1. The summed E-state index contributed by atoms with van der Waals surface area (Å²) in [5.74, 6) is 4.58. The Bertz CT molecular complexity index is 768. The van der Waals surface area contributed by atoms with E-state index in [1.165, 1.54) is 32.1 Å². The molecule has 0 amide bonds. The van der Waals surface area contributed by atoms with Crippen LogP contribution in [-0.4, -0.2) is 26.3 Å². The maximum atomic E-state index is 13.0.